The van der Waals surface area contributed by atoms with E-state index in [1.165, 1.54) is 31.3 Å². The van der Waals surface area contributed by atoms with E-state index in [9.17, 15) is 4.79 Å². The summed E-state index contributed by atoms with van der Waals surface area (Å²) in [6, 6.07) is 7.50. The van der Waals surface area contributed by atoms with Gasteiger partial charge in [0.05, 0.1) is 7.11 Å². The largest absolute Gasteiger partial charge is 0.497 e. The van der Waals surface area contributed by atoms with Gasteiger partial charge in [-0.15, -0.1) is 0 Å². The monoisotopic (exact) mass is 288 g/mol. The minimum absolute atomic E-state index is 0.164. The van der Waals surface area contributed by atoms with Gasteiger partial charge >= 0.3 is 6.03 Å². The number of amides is 2. The lowest BCUT2D eigenvalue weighted by Gasteiger charge is -2.10. The molecule has 114 valence electrons. The maximum Gasteiger partial charge on any atom is 0.319 e. The third-order valence-electron chi connectivity index (χ3n) is 4.04. The molecule has 1 aromatic rings. The predicted octanol–water partition coefficient (Wildman–Crippen LogP) is 3.59. The number of nitrogens with one attached hydrogen (secondary N) is 2. The molecule has 1 aromatic carbocycles. The van der Waals surface area contributed by atoms with Gasteiger partial charge in [-0.25, -0.2) is 4.79 Å². The Morgan fingerprint density at radius 3 is 2.57 bits per heavy atom. The van der Waals surface area contributed by atoms with E-state index in [4.69, 9.17) is 4.74 Å². The number of hydrogen-bond donors (Lipinski definition) is 2. The quantitative estimate of drug-likeness (QED) is 0.870. The van der Waals surface area contributed by atoms with Crippen molar-refractivity contribution in [1.29, 1.82) is 0 Å². The van der Waals surface area contributed by atoms with Gasteiger partial charge in [0.15, 0.2) is 0 Å². The van der Waals surface area contributed by atoms with Crippen LogP contribution in [0.15, 0.2) is 36.0 Å². The van der Waals surface area contributed by atoms with Crippen molar-refractivity contribution in [1.82, 2.24) is 10.6 Å². The van der Waals surface area contributed by atoms with Crippen LogP contribution in [-0.4, -0.2) is 13.1 Å². The van der Waals surface area contributed by atoms with Crippen LogP contribution in [0.1, 0.15) is 38.2 Å². The van der Waals surface area contributed by atoms with E-state index in [1.54, 1.807) is 7.11 Å². The van der Waals surface area contributed by atoms with Gasteiger partial charge in [-0.1, -0.05) is 30.5 Å². The van der Waals surface area contributed by atoms with Crippen molar-refractivity contribution in [3.63, 3.8) is 0 Å². The molecule has 2 N–H and O–H groups in total. The Balaban J connectivity index is 1.74. The van der Waals surface area contributed by atoms with Crippen molar-refractivity contribution in [3.05, 3.63) is 41.6 Å². The van der Waals surface area contributed by atoms with E-state index in [1.807, 2.05) is 30.5 Å². The molecule has 0 unspecified atom stereocenters. The molecule has 2 rings (SSSR count). The second kappa shape index (κ2) is 7.72. The van der Waals surface area contributed by atoms with Crippen LogP contribution in [0.3, 0.4) is 0 Å². The maximum atomic E-state index is 11.8. The molecular weight excluding hydrogens is 264 g/mol. The fraction of sp³-hybridized carbons (Fsp3) is 0.471. The van der Waals surface area contributed by atoms with E-state index < -0.39 is 0 Å². The number of benzene rings is 1. The van der Waals surface area contributed by atoms with Crippen molar-refractivity contribution in [3.8, 4) is 5.75 Å². The highest BCUT2D eigenvalue weighted by Gasteiger charge is 2.16. The number of urea groups is 1. The third kappa shape index (κ3) is 4.81. The molecule has 0 atom stereocenters. The number of ether oxygens (including phenoxy) is 1. The highest BCUT2D eigenvalue weighted by atomic mass is 16.5. The molecule has 1 aliphatic carbocycles. The molecule has 1 fully saturated rings. The van der Waals surface area contributed by atoms with Crippen LogP contribution in [0.2, 0.25) is 0 Å². The van der Waals surface area contributed by atoms with Gasteiger partial charge in [0.25, 0.3) is 0 Å². The van der Waals surface area contributed by atoms with Crippen molar-refractivity contribution >= 4 is 6.03 Å². The minimum atomic E-state index is -0.164. The summed E-state index contributed by atoms with van der Waals surface area (Å²) >= 11 is 0. The molecule has 0 aliphatic heterocycles. The van der Waals surface area contributed by atoms with Crippen LogP contribution in [0.5, 0.6) is 5.75 Å². The van der Waals surface area contributed by atoms with Crippen LogP contribution < -0.4 is 15.4 Å². The molecule has 1 aliphatic rings. The summed E-state index contributed by atoms with van der Waals surface area (Å²) in [4.78, 5) is 11.8. The first-order valence-electron chi connectivity index (χ1n) is 7.53. The molecule has 4 heteroatoms. The summed E-state index contributed by atoms with van der Waals surface area (Å²) in [6.07, 6.45) is 6.95. The first kappa shape index (κ1) is 15.4. The zero-order chi connectivity index (χ0) is 15.1. The average molecular weight is 288 g/mol. The standard InChI is InChI=1S/C17H24N2O2/c1-13(15-5-3-4-6-15)11-18-17(20)19-12-14-7-9-16(21-2)10-8-14/h7-11,15H,3-6,12H2,1-2H3,(H2,18,19,20)/b13-11+. The van der Waals surface area contributed by atoms with Gasteiger partial charge < -0.3 is 15.4 Å². The van der Waals surface area contributed by atoms with Crippen LogP contribution in [-0.2, 0) is 6.54 Å². The SMILES string of the molecule is COc1ccc(CNC(=O)N/C=C(\C)C2CCCC2)cc1. The van der Waals surface area contributed by atoms with Gasteiger partial charge in [-0.2, -0.15) is 0 Å². The molecule has 1 saturated carbocycles. The average Bonchev–Trinajstić information content (AvgIpc) is 3.05. The molecular formula is C17H24N2O2. The Kier molecular flexibility index (Phi) is 5.67. The second-order valence-electron chi connectivity index (χ2n) is 5.54. The smallest absolute Gasteiger partial charge is 0.319 e. The van der Waals surface area contributed by atoms with Crippen LogP contribution >= 0.6 is 0 Å². The highest BCUT2D eigenvalue weighted by molar-refractivity contribution is 5.74. The van der Waals surface area contributed by atoms with Gasteiger partial charge in [-0.3, -0.25) is 0 Å². The Hall–Kier alpha value is -1.97. The Labute approximate surface area is 126 Å². The molecule has 0 saturated heterocycles. The van der Waals surface area contributed by atoms with Crippen LogP contribution in [0.25, 0.3) is 0 Å². The van der Waals surface area contributed by atoms with Gasteiger partial charge in [0.1, 0.15) is 5.75 Å². The second-order valence-corrected chi connectivity index (χ2v) is 5.54. The van der Waals surface area contributed by atoms with E-state index in [2.05, 4.69) is 17.6 Å². The van der Waals surface area contributed by atoms with Crippen molar-refractivity contribution in [2.24, 2.45) is 5.92 Å². The number of allylic oxidation sites excluding steroid dienone is 1. The Bertz CT molecular complexity index is 488. The fourth-order valence-electron chi connectivity index (χ4n) is 2.66. The van der Waals surface area contributed by atoms with Gasteiger partial charge in [0, 0.05) is 12.7 Å². The van der Waals surface area contributed by atoms with Crippen LogP contribution in [0, 0.1) is 5.92 Å². The summed E-state index contributed by atoms with van der Waals surface area (Å²) in [5, 5.41) is 5.66. The molecule has 0 aromatic heterocycles. The van der Waals surface area contributed by atoms with Gasteiger partial charge in [0.2, 0.25) is 0 Å². The molecule has 2 amide bonds. The summed E-state index contributed by atoms with van der Waals surface area (Å²) < 4.78 is 5.10. The Morgan fingerprint density at radius 1 is 1.29 bits per heavy atom. The van der Waals surface area contributed by atoms with Gasteiger partial charge in [-0.05, 0) is 43.4 Å². The molecule has 0 radical (unpaired) electrons. The van der Waals surface area contributed by atoms with E-state index in [0.29, 0.717) is 12.5 Å². The lowest BCUT2D eigenvalue weighted by atomic mass is 10.0. The normalized spacial score (nSPS) is 15.8. The Morgan fingerprint density at radius 2 is 1.95 bits per heavy atom. The number of carbonyl (C=O) groups is 1. The molecule has 0 spiro atoms. The zero-order valence-electron chi connectivity index (χ0n) is 12.8. The highest BCUT2D eigenvalue weighted by Crippen LogP contribution is 2.30. The lowest BCUT2D eigenvalue weighted by Crippen LogP contribution is -2.32. The third-order valence-corrected chi connectivity index (χ3v) is 4.04. The first-order valence-corrected chi connectivity index (χ1v) is 7.53. The summed E-state index contributed by atoms with van der Waals surface area (Å²) in [7, 11) is 1.64. The molecule has 21 heavy (non-hydrogen) atoms. The molecule has 0 bridgehead atoms. The number of methoxy groups -OCH3 is 1. The summed E-state index contributed by atoms with van der Waals surface area (Å²) in [6.45, 7) is 2.60. The van der Waals surface area contributed by atoms with E-state index >= 15 is 0 Å². The summed E-state index contributed by atoms with van der Waals surface area (Å²) in [5.41, 5.74) is 2.31. The van der Waals surface area contributed by atoms with Crippen LogP contribution in [0.4, 0.5) is 4.79 Å². The summed E-state index contributed by atoms with van der Waals surface area (Å²) in [5.74, 6) is 1.46. The number of rotatable bonds is 5. The van der Waals surface area contributed by atoms with Crippen molar-refractivity contribution < 1.29 is 9.53 Å². The fourth-order valence-corrected chi connectivity index (χ4v) is 2.66. The predicted molar refractivity (Wildman–Crippen MR) is 84.1 cm³/mol. The van der Waals surface area contributed by atoms with E-state index in [0.717, 1.165) is 11.3 Å². The van der Waals surface area contributed by atoms with Crippen molar-refractivity contribution in [2.45, 2.75) is 39.2 Å². The van der Waals surface area contributed by atoms with Crippen molar-refractivity contribution in [2.75, 3.05) is 7.11 Å². The zero-order valence-corrected chi connectivity index (χ0v) is 12.8. The first-order chi connectivity index (χ1) is 10.2. The van der Waals surface area contributed by atoms with E-state index in [-0.39, 0.29) is 6.03 Å². The number of carbonyl (C=O) groups excluding carboxylic acids is 1. The maximum absolute atomic E-state index is 11.8. The number of hydrogen-bond acceptors (Lipinski definition) is 2. The minimum Gasteiger partial charge on any atom is -0.497 e. The molecule has 4 nitrogen and oxygen atoms in total. The lowest BCUT2D eigenvalue weighted by molar-refractivity contribution is 0.243. The molecule has 0 heterocycles. The topological polar surface area (TPSA) is 50.4 Å².